The molecule has 2 aromatic rings. The van der Waals surface area contributed by atoms with Crippen LogP contribution in [-0.4, -0.2) is 47.6 Å². The van der Waals surface area contributed by atoms with Crippen molar-refractivity contribution in [2.24, 2.45) is 0 Å². The summed E-state index contributed by atoms with van der Waals surface area (Å²) in [7, 11) is 5.70. The Bertz CT molecular complexity index is 772. The molecule has 2 radical (unpaired) electrons. The van der Waals surface area contributed by atoms with Gasteiger partial charge in [-0.15, -0.1) is 0 Å². The van der Waals surface area contributed by atoms with Gasteiger partial charge in [-0.05, 0) is 58.1 Å². The highest BCUT2D eigenvalue weighted by atomic mass is 16.7. The first-order chi connectivity index (χ1) is 12.3. The molecule has 26 heavy (non-hydrogen) atoms. The molecule has 4 rings (SSSR count). The van der Waals surface area contributed by atoms with E-state index in [0.29, 0.717) is 0 Å². The van der Waals surface area contributed by atoms with Crippen LogP contribution >= 0.6 is 0 Å². The van der Waals surface area contributed by atoms with Gasteiger partial charge in [0, 0.05) is 0 Å². The standard InChI is InChI=1S/C19H25B2N3O2/c1-18(2)19(3,4)26-21(25-18)14-9-7-13(8-10-14)15-12-22-17(23-15)16-6-5-11-24(16)20/h7-10,12,16H,5-6,11H2,1-4H3,(H,22,23)/t16-/m0/s1. The second-order valence-corrected chi connectivity index (χ2v) is 8.29. The summed E-state index contributed by atoms with van der Waals surface area (Å²) in [6.07, 6.45) is 4.04. The van der Waals surface area contributed by atoms with Gasteiger partial charge in [0.05, 0.1) is 29.1 Å². The summed E-state index contributed by atoms with van der Waals surface area (Å²) < 4.78 is 12.2. The molecule has 1 aromatic heterocycles. The molecule has 2 aliphatic rings. The van der Waals surface area contributed by atoms with E-state index < -0.39 is 0 Å². The van der Waals surface area contributed by atoms with Crippen molar-refractivity contribution < 1.29 is 9.31 Å². The monoisotopic (exact) mass is 349 g/mol. The average Bonchev–Trinajstić information content (AvgIpc) is 3.26. The molecule has 3 heterocycles. The molecule has 0 bridgehead atoms. The zero-order valence-corrected chi connectivity index (χ0v) is 16.0. The molecule has 2 aliphatic heterocycles. The number of aromatic nitrogens is 2. The Kier molecular flexibility index (Phi) is 4.29. The van der Waals surface area contributed by atoms with E-state index in [2.05, 4.69) is 61.9 Å². The van der Waals surface area contributed by atoms with E-state index in [9.17, 15) is 0 Å². The third kappa shape index (κ3) is 3.02. The van der Waals surface area contributed by atoms with Crippen molar-refractivity contribution in [2.75, 3.05) is 6.54 Å². The fourth-order valence-electron chi connectivity index (χ4n) is 3.53. The highest BCUT2D eigenvalue weighted by Crippen LogP contribution is 2.36. The van der Waals surface area contributed by atoms with Gasteiger partial charge < -0.3 is 19.1 Å². The molecular formula is C19H25B2N3O2. The van der Waals surface area contributed by atoms with Crippen LogP contribution in [0.2, 0.25) is 0 Å². The number of aromatic amines is 1. The maximum atomic E-state index is 6.12. The van der Waals surface area contributed by atoms with Crippen LogP contribution in [0.5, 0.6) is 0 Å². The van der Waals surface area contributed by atoms with E-state index in [1.54, 1.807) is 0 Å². The first-order valence-electron chi connectivity index (χ1n) is 9.29. The molecule has 5 nitrogen and oxygen atoms in total. The fourth-order valence-corrected chi connectivity index (χ4v) is 3.53. The highest BCUT2D eigenvalue weighted by molar-refractivity contribution is 6.62. The number of rotatable bonds is 3. The van der Waals surface area contributed by atoms with Crippen molar-refractivity contribution in [3.63, 3.8) is 0 Å². The number of benzene rings is 1. The van der Waals surface area contributed by atoms with Crippen LogP contribution in [0.25, 0.3) is 11.3 Å². The van der Waals surface area contributed by atoms with Gasteiger partial charge in [0.15, 0.2) is 7.98 Å². The second-order valence-electron chi connectivity index (χ2n) is 8.29. The van der Waals surface area contributed by atoms with E-state index >= 15 is 0 Å². The van der Waals surface area contributed by atoms with Crippen LogP contribution in [-0.2, 0) is 9.31 Å². The van der Waals surface area contributed by atoms with Crippen molar-refractivity contribution in [3.8, 4) is 11.3 Å². The van der Waals surface area contributed by atoms with Gasteiger partial charge in [0.1, 0.15) is 5.82 Å². The van der Waals surface area contributed by atoms with Crippen LogP contribution in [0.15, 0.2) is 30.5 Å². The lowest BCUT2D eigenvalue weighted by molar-refractivity contribution is 0.00578. The number of nitrogens with zero attached hydrogens (tertiary/aromatic N) is 2. The molecule has 1 aromatic carbocycles. The van der Waals surface area contributed by atoms with Gasteiger partial charge in [0.2, 0.25) is 0 Å². The van der Waals surface area contributed by atoms with Crippen molar-refractivity contribution in [3.05, 3.63) is 36.3 Å². The zero-order valence-electron chi connectivity index (χ0n) is 16.0. The van der Waals surface area contributed by atoms with Gasteiger partial charge >= 0.3 is 7.12 Å². The summed E-state index contributed by atoms with van der Waals surface area (Å²) in [6, 6.07) is 8.46. The summed E-state index contributed by atoms with van der Waals surface area (Å²) >= 11 is 0. The van der Waals surface area contributed by atoms with E-state index in [1.165, 1.54) is 0 Å². The number of nitrogens with one attached hydrogen (secondary N) is 1. The normalized spacial score (nSPS) is 25.1. The SMILES string of the molecule is [B]N1CCC[C@H]1c1ncc(-c2ccc(B3OC(C)(C)C(C)(C)O3)cc2)[nH]1. The van der Waals surface area contributed by atoms with Crippen molar-refractivity contribution in [1.29, 1.82) is 0 Å². The van der Waals surface area contributed by atoms with E-state index in [4.69, 9.17) is 17.3 Å². The molecule has 134 valence electrons. The second kappa shape index (κ2) is 6.25. The number of H-pyrrole nitrogens is 1. The molecule has 0 saturated carbocycles. The largest absolute Gasteiger partial charge is 0.494 e. The molecule has 0 spiro atoms. The highest BCUT2D eigenvalue weighted by Gasteiger charge is 2.51. The Labute approximate surface area is 157 Å². The molecule has 0 aliphatic carbocycles. The minimum atomic E-state index is -0.337. The molecule has 2 saturated heterocycles. The lowest BCUT2D eigenvalue weighted by Crippen LogP contribution is -2.41. The molecule has 2 fully saturated rings. The summed E-state index contributed by atoms with van der Waals surface area (Å²) in [5.41, 5.74) is 2.45. The number of hydrogen-bond acceptors (Lipinski definition) is 4. The van der Waals surface area contributed by atoms with Crippen LogP contribution < -0.4 is 5.46 Å². The first-order valence-corrected chi connectivity index (χ1v) is 9.29. The lowest BCUT2D eigenvalue weighted by atomic mass is 9.79. The molecule has 1 N–H and O–H groups in total. The Hall–Kier alpha value is -1.56. The van der Waals surface area contributed by atoms with Gasteiger partial charge in [-0.25, -0.2) is 4.98 Å². The maximum Gasteiger partial charge on any atom is 0.494 e. The summed E-state index contributed by atoms with van der Waals surface area (Å²) in [4.78, 5) is 9.82. The zero-order chi connectivity index (χ0) is 18.5. The van der Waals surface area contributed by atoms with E-state index in [1.807, 2.05) is 11.0 Å². The Morgan fingerprint density at radius 1 is 1.15 bits per heavy atom. The van der Waals surface area contributed by atoms with Gasteiger partial charge in [-0.3, -0.25) is 0 Å². The van der Waals surface area contributed by atoms with E-state index in [-0.39, 0.29) is 24.4 Å². The topological polar surface area (TPSA) is 50.4 Å². The third-order valence-corrected chi connectivity index (χ3v) is 5.95. The maximum absolute atomic E-state index is 6.12. The van der Waals surface area contributed by atoms with Gasteiger partial charge in [-0.2, -0.15) is 0 Å². The number of hydrogen-bond donors (Lipinski definition) is 1. The van der Waals surface area contributed by atoms with Crippen LogP contribution in [0.4, 0.5) is 0 Å². The Balaban J connectivity index is 1.51. The van der Waals surface area contributed by atoms with Crippen molar-refractivity contribution >= 4 is 20.6 Å². The minimum Gasteiger partial charge on any atom is -0.399 e. The average molecular weight is 349 g/mol. The van der Waals surface area contributed by atoms with Crippen LogP contribution in [0.3, 0.4) is 0 Å². The van der Waals surface area contributed by atoms with Crippen molar-refractivity contribution in [2.45, 2.75) is 57.8 Å². The molecule has 1 atom stereocenters. The first kappa shape index (κ1) is 17.8. The summed E-state index contributed by atoms with van der Waals surface area (Å²) in [6.45, 7) is 9.19. The minimum absolute atomic E-state index is 0.188. The molecule has 0 unspecified atom stereocenters. The summed E-state index contributed by atoms with van der Waals surface area (Å²) in [5.74, 6) is 0.940. The van der Waals surface area contributed by atoms with Crippen molar-refractivity contribution in [1.82, 2.24) is 14.8 Å². The Morgan fingerprint density at radius 2 is 1.81 bits per heavy atom. The Morgan fingerprint density at radius 3 is 2.38 bits per heavy atom. The van der Waals surface area contributed by atoms with E-state index in [0.717, 1.165) is 41.9 Å². The smallest absolute Gasteiger partial charge is 0.399 e. The van der Waals surface area contributed by atoms with Crippen LogP contribution in [0.1, 0.15) is 52.4 Å². The predicted octanol–water partition coefficient (Wildman–Crippen LogP) is 2.60. The molecule has 0 amide bonds. The lowest BCUT2D eigenvalue weighted by Gasteiger charge is -2.32. The predicted molar refractivity (Wildman–Crippen MR) is 104 cm³/mol. The third-order valence-electron chi connectivity index (χ3n) is 5.95. The van der Waals surface area contributed by atoms with Crippen LogP contribution in [0, 0.1) is 0 Å². The molecular weight excluding hydrogens is 324 g/mol. The fraction of sp³-hybridized carbons (Fsp3) is 0.526. The molecule has 7 heteroatoms. The number of imidazole rings is 1. The quantitative estimate of drug-likeness (QED) is 0.866. The van der Waals surface area contributed by atoms with Gasteiger partial charge in [0.25, 0.3) is 0 Å². The van der Waals surface area contributed by atoms with Gasteiger partial charge in [-0.1, -0.05) is 24.3 Å². The summed E-state index contributed by atoms with van der Waals surface area (Å²) in [5, 5.41) is 0.